The van der Waals surface area contributed by atoms with Crippen molar-refractivity contribution in [1.82, 2.24) is 4.98 Å². The monoisotopic (exact) mass is 335 g/mol. The van der Waals surface area contributed by atoms with E-state index in [4.69, 9.17) is 0 Å². The zero-order valence-corrected chi connectivity index (χ0v) is 15.2. The Morgan fingerprint density at radius 3 is 2.72 bits per heavy atom. The number of H-pyrrole nitrogens is 1. The summed E-state index contributed by atoms with van der Waals surface area (Å²) in [7, 11) is 0. The quantitative estimate of drug-likeness (QED) is 0.462. The van der Waals surface area contributed by atoms with E-state index in [-0.39, 0.29) is 0 Å². The summed E-state index contributed by atoms with van der Waals surface area (Å²) in [6, 6.07) is 12.8. The van der Waals surface area contributed by atoms with Gasteiger partial charge in [0.1, 0.15) is 22.7 Å². The molecule has 2 N–H and O–H groups in total. The van der Waals surface area contributed by atoms with E-state index < -0.39 is 0 Å². The van der Waals surface area contributed by atoms with Gasteiger partial charge in [-0.2, -0.15) is 9.66 Å². The van der Waals surface area contributed by atoms with Crippen molar-refractivity contribution < 1.29 is 4.40 Å². The summed E-state index contributed by atoms with van der Waals surface area (Å²) in [5, 5.41) is 13.3. The van der Waals surface area contributed by atoms with E-state index in [1.165, 1.54) is 25.7 Å². The number of nitrogens with one attached hydrogen (secondary N) is 2. The highest BCUT2D eigenvalue weighted by molar-refractivity contribution is 5.77. The lowest BCUT2D eigenvalue weighted by atomic mass is 10.1. The Bertz CT molecular complexity index is 902. The maximum Gasteiger partial charge on any atom is 0.250 e. The molecule has 0 amide bonds. The van der Waals surface area contributed by atoms with Crippen molar-refractivity contribution >= 4 is 22.5 Å². The summed E-state index contributed by atoms with van der Waals surface area (Å²) in [6.45, 7) is 5.34. The third kappa shape index (κ3) is 3.46. The maximum absolute atomic E-state index is 9.73. The van der Waals surface area contributed by atoms with Crippen LogP contribution in [0.4, 0.5) is 5.82 Å². The molecule has 130 valence electrons. The van der Waals surface area contributed by atoms with E-state index in [0.29, 0.717) is 0 Å². The molecule has 3 rings (SSSR count). The zero-order valence-electron chi connectivity index (χ0n) is 15.2. The number of fused-ring (bicyclic) bond motifs is 3. The molecular weight excluding hydrogens is 308 g/mol. The summed E-state index contributed by atoms with van der Waals surface area (Å²) in [6.07, 6.45) is 6.90. The van der Waals surface area contributed by atoms with Gasteiger partial charge in [0, 0.05) is 6.07 Å². The van der Waals surface area contributed by atoms with Crippen LogP contribution < -0.4 is 9.72 Å². The van der Waals surface area contributed by atoms with Crippen LogP contribution in [0.1, 0.15) is 57.1 Å². The molecule has 0 unspecified atom stereocenters. The van der Waals surface area contributed by atoms with E-state index in [1.54, 1.807) is 0 Å². The van der Waals surface area contributed by atoms with Crippen LogP contribution in [0.15, 0.2) is 30.3 Å². The summed E-state index contributed by atoms with van der Waals surface area (Å²) >= 11 is 0. The van der Waals surface area contributed by atoms with Crippen LogP contribution in [0.5, 0.6) is 0 Å². The third-order valence-electron chi connectivity index (χ3n) is 4.70. The molecule has 0 aliphatic rings. The first-order chi connectivity index (χ1) is 12.3. The number of anilines is 1. The van der Waals surface area contributed by atoms with Gasteiger partial charge in [0.15, 0.2) is 0 Å². The number of unbranched alkanes of at least 4 members (excludes halogenated alkanes) is 3. The Morgan fingerprint density at radius 1 is 1.12 bits per heavy atom. The molecule has 2 heterocycles. The van der Waals surface area contributed by atoms with Crippen LogP contribution in [-0.4, -0.2) is 11.5 Å². The van der Waals surface area contributed by atoms with Crippen molar-refractivity contribution in [3.63, 3.8) is 0 Å². The zero-order chi connectivity index (χ0) is 17.6. The van der Waals surface area contributed by atoms with Crippen LogP contribution in [0.25, 0.3) is 16.7 Å². The minimum Gasteiger partial charge on any atom is -0.305 e. The first kappa shape index (κ1) is 17.3. The molecule has 2 aromatic heterocycles. The number of hydrogen-bond donors (Lipinski definition) is 2. The lowest BCUT2D eigenvalue weighted by molar-refractivity contribution is -0.465. The van der Waals surface area contributed by atoms with Gasteiger partial charge in [-0.3, -0.25) is 4.98 Å². The van der Waals surface area contributed by atoms with Crippen molar-refractivity contribution in [3.05, 3.63) is 41.5 Å². The van der Waals surface area contributed by atoms with E-state index in [0.717, 1.165) is 53.0 Å². The highest BCUT2D eigenvalue weighted by Crippen LogP contribution is 2.21. The second kappa shape index (κ2) is 8.02. The van der Waals surface area contributed by atoms with Crippen molar-refractivity contribution in [3.8, 4) is 6.07 Å². The topological polar surface area (TPSA) is 55.7 Å². The van der Waals surface area contributed by atoms with Crippen molar-refractivity contribution in [2.24, 2.45) is 0 Å². The lowest BCUT2D eigenvalue weighted by Gasteiger charge is -2.08. The number of nitriles is 1. The molecule has 0 saturated heterocycles. The Hall–Kier alpha value is -2.54. The number of para-hydroxylation sites is 2. The molecule has 3 aromatic rings. The number of aromatic amines is 1. The normalized spacial score (nSPS) is 11.1. The van der Waals surface area contributed by atoms with Gasteiger partial charge >= 0.3 is 0 Å². The van der Waals surface area contributed by atoms with Crippen molar-refractivity contribution in [2.75, 3.05) is 11.9 Å². The molecular formula is C21H27N4+. The van der Waals surface area contributed by atoms with Gasteiger partial charge in [-0.05, 0) is 30.5 Å². The van der Waals surface area contributed by atoms with Crippen LogP contribution >= 0.6 is 0 Å². The first-order valence-electron chi connectivity index (χ1n) is 9.42. The number of pyridine rings is 1. The number of benzene rings is 1. The van der Waals surface area contributed by atoms with Gasteiger partial charge in [0.25, 0.3) is 0 Å². The van der Waals surface area contributed by atoms with Gasteiger partial charge in [0.05, 0.1) is 6.54 Å². The number of aryl methyl sites for hydroxylation is 1. The molecule has 4 heteroatoms. The summed E-state index contributed by atoms with van der Waals surface area (Å²) < 4.78 is 2.16. The summed E-state index contributed by atoms with van der Waals surface area (Å²) in [5.74, 6) is 1.08. The average Bonchev–Trinajstić information content (AvgIpc) is 3.01. The molecule has 0 saturated carbocycles. The molecule has 1 aromatic carbocycles. The predicted octanol–water partition coefficient (Wildman–Crippen LogP) is 4.72. The van der Waals surface area contributed by atoms with Gasteiger partial charge in [-0.1, -0.05) is 51.7 Å². The Balaban J connectivity index is 2.08. The fraction of sp³-hybridized carbons (Fsp3) is 0.429. The number of hydrogen-bond acceptors (Lipinski definition) is 2. The van der Waals surface area contributed by atoms with E-state index in [1.807, 2.05) is 12.1 Å². The molecule has 0 fully saturated rings. The van der Waals surface area contributed by atoms with Crippen molar-refractivity contribution in [2.45, 2.75) is 52.4 Å². The third-order valence-corrected chi connectivity index (χ3v) is 4.70. The van der Waals surface area contributed by atoms with E-state index in [2.05, 4.69) is 52.8 Å². The minimum atomic E-state index is 0.759. The predicted molar refractivity (Wildman–Crippen MR) is 103 cm³/mol. The summed E-state index contributed by atoms with van der Waals surface area (Å²) in [4.78, 5) is 3.45. The molecule has 25 heavy (non-hydrogen) atoms. The van der Waals surface area contributed by atoms with Gasteiger partial charge in [0.2, 0.25) is 11.5 Å². The van der Waals surface area contributed by atoms with Gasteiger partial charge in [-0.25, -0.2) is 0 Å². The standard InChI is InChI=1S/C21H26N4/c1-3-5-6-9-13-23-20-14-16(10-4-2)17(15-22)21-24-18-11-7-8-12-19(18)25(20)21/h7-8,11-12,14H,3-6,9-10,13H2,1-2H3,(H,23,24)/p+1. The van der Waals surface area contributed by atoms with Crippen LogP contribution in [0.3, 0.4) is 0 Å². The fourth-order valence-electron chi connectivity index (χ4n) is 3.45. The molecule has 0 bridgehead atoms. The number of imidazole rings is 1. The molecule has 0 aliphatic carbocycles. The van der Waals surface area contributed by atoms with Crippen LogP contribution in [0.2, 0.25) is 0 Å². The van der Waals surface area contributed by atoms with Crippen LogP contribution in [-0.2, 0) is 6.42 Å². The Labute approximate surface area is 149 Å². The van der Waals surface area contributed by atoms with E-state index >= 15 is 0 Å². The second-order valence-corrected chi connectivity index (χ2v) is 6.61. The lowest BCUT2D eigenvalue weighted by Crippen LogP contribution is -2.28. The Morgan fingerprint density at radius 2 is 1.96 bits per heavy atom. The highest BCUT2D eigenvalue weighted by Gasteiger charge is 2.21. The minimum absolute atomic E-state index is 0.759. The number of rotatable bonds is 8. The number of aromatic nitrogens is 2. The maximum atomic E-state index is 9.73. The first-order valence-corrected chi connectivity index (χ1v) is 9.42. The van der Waals surface area contributed by atoms with Gasteiger partial charge in [-0.15, -0.1) is 0 Å². The van der Waals surface area contributed by atoms with Crippen molar-refractivity contribution in [1.29, 1.82) is 5.26 Å². The second-order valence-electron chi connectivity index (χ2n) is 6.61. The smallest absolute Gasteiger partial charge is 0.250 e. The molecule has 4 nitrogen and oxygen atoms in total. The molecule has 0 spiro atoms. The largest absolute Gasteiger partial charge is 0.305 e. The van der Waals surface area contributed by atoms with E-state index in [9.17, 15) is 5.26 Å². The molecule has 0 aliphatic heterocycles. The SMILES string of the molecule is CCCCCCNc1cc(CCC)c(C#N)c2[nH]c3ccccc3[n+]12. The molecule has 0 radical (unpaired) electrons. The Kier molecular flexibility index (Phi) is 5.55. The van der Waals surface area contributed by atoms with Gasteiger partial charge < -0.3 is 5.32 Å². The number of nitrogens with zero attached hydrogens (tertiary/aromatic N) is 2. The summed E-state index contributed by atoms with van der Waals surface area (Å²) in [5.41, 5.74) is 4.93. The van der Waals surface area contributed by atoms with Crippen LogP contribution in [0, 0.1) is 11.3 Å². The highest BCUT2D eigenvalue weighted by atomic mass is 15.1. The average molecular weight is 335 g/mol. The molecule has 0 atom stereocenters. The fourth-order valence-corrected chi connectivity index (χ4v) is 3.45.